The van der Waals surface area contributed by atoms with E-state index in [0.29, 0.717) is 25.9 Å². The van der Waals surface area contributed by atoms with Crippen LogP contribution in [0.2, 0.25) is 0 Å². The molecule has 176 valence electrons. The summed E-state index contributed by atoms with van der Waals surface area (Å²) < 4.78 is 11.8. The number of allylic oxidation sites excluding steroid dienone is 1. The van der Waals surface area contributed by atoms with E-state index >= 15 is 0 Å². The minimum Gasteiger partial charge on any atom is -0.464 e. The van der Waals surface area contributed by atoms with Crippen molar-refractivity contribution in [1.82, 2.24) is 0 Å². The van der Waals surface area contributed by atoms with Crippen molar-refractivity contribution in [2.75, 3.05) is 6.61 Å². The Morgan fingerprint density at radius 2 is 1.97 bits per heavy atom. The van der Waals surface area contributed by atoms with Gasteiger partial charge in [-0.2, -0.15) is 5.26 Å². The summed E-state index contributed by atoms with van der Waals surface area (Å²) in [4.78, 5) is 24.3. The fourth-order valence-corrected chi connectivity index (χ4v) is 7.39. The molecule has 1 aromatic rings. The molecule has 0 aromatic heterocycles. The van der Waals surface area contributed by atoms with E-state index in [0.717, 1.165) is 24.0 Å². The number of nitriles is 1. The van der Waals surface area contributed by atoms with Gasteiger partial charge >= 0.3 is 5.97 Å². The van der Waals surface area contributed by atoms with E-state index in [4.69, 9.17) is 21.1 Å². The number of benzene rings is 1. The van der Waals surface area contributed by atoms with Crippen LogP contribution < -0.4 is 0 Å². The van der Waals surface area contributed by atoms with Crippen molar-refractivity contribution in [3.05, 3.63) is 48.0 Å². The third kappa shape index (κ3) is 3.63. The number of rotatable bonds is 5. The minimum absolute atomic E-state index is 0.162. The summed E-state index contributed by atoms with van der Waals surface area (Å²) >= 11 is 6.92. The zero-order valence-electron chi connectivity index (χ0n) is 19.4. The lowest BCUT2D eigenvalue weighted by Crippen LogP contribution is -2.66. The van der Waals surface area contributed by atoms with Crippen molar-refractivity contribution < 1.29 is 19.1 Å². The summed E-state index contributed by atoms with van der Waals surface area (Å²) in [5, 5.41) is 10.5. The maximum atomic E-state index is 13.0. The molecule has 3 saturated carbocycles. The molecule has 0 N–H and O–H groups in total. The van der Waals surface area contributed by atoms with Gasteiger partial charge in [-0.15, -0.1) is 0 Å². The number of carbonyl (C=O) groups excluding carboxylic acids is 2. The molecule has 3 aliphatic carbocycles. The fraction of sp³-hybridized carbons (Fsp3) is 0.593. The first kappa shape index (κ1) is 24.0. The van der Waals surface area contributed by atoms with Crippen LogP contribution in [0.4, 0.5) is 0 Å². The number of halogens is 1. The number of fused-ring (bicyclic) bond motifs is 3. The average molecular weight is 470 g/mol. The largest absolute Gasteiger partial charge is 0.464 e. The quantitative estimate of drug-likeness (QED) is 0.251. The summed E-state index contributed by atoms with van der Waals surface area (Å²) in [5.74, 6) is -1.56. The van der Waals surface area contributed by atoms with Crippen molar-refractivity contribution in [2.45, 2.75) is 70.0 Å². The second kappa shape index (κ2) is 8.89. The lowest BCUT2D eigenvalue weighted by Gasteiger charge is -2.63. The maximum Gasteiger partial charge on any atom is 0.335 e. The number of carbonyl (C=O) groups is 2. The lowest BCUT2D eigenvalue weighted by molar-refractivity contribution is -0.177. The summed E-state index contributed by atoms with van der Waals surface area (Å²) in [5.41, 5.74) is 0.709. The van der Waals surface area contributed by atoms with Crippen molar-refractivity contribution in [3.63, 3.8) is 0 Å². The predicted molar refractivity (Wildman–Crippen MR) is 125 cm³/mol. The number of alkyl halides is 1. The number of Topliss-reactive ketones (excluding diaryl/α,β-unsaturated/α-hetero) is 1. The first-order valence-corrected chi connectivity index (χ1v) is 12.3. The van der Waals surface area contributed by atoms with Gasteiger partial charge in [-0.25, -0.2) is 4.79 Å². The van der Waals surface area contributed by atoms with Crippen molar-refractivity contribution in [1.29, 1.82) is 5.26 Å². The van der Waals surface area contributed by atoms with Crippen LogP contribution in [0.3, 0.4) is 0 Å². The Kier molecular flexibility index (Phi) is 6.46. The van der Waals surface area contributed by atoms with E-state index in [1.807, 2.05) is 30.3 Å². The van der Waals surface area contributed by atoms with Gasteiger partial charge in [-0.3, -0.25) is 4.79 Å². The second-order valence-electron chi connectivity index (χ2n) is 9.99. The molecule has 1 unspecified atom stereocenters. The zero-order chi connectivity index (χ0) is 23.9. The minimum atomic E-state index is -1.71. The molecule has 1 aromatic carbocycles. The highest BCUT2D eigenvalue weighted by molar-refractivity contribution is 6.46. The molecule has 0 spiro atoms. The van der Waals surface area contributed by atoms with Gasteiger partial charge in [0.1, 0.15) is 0 Å². The van der Waals surface area contributed by atoms with Gasteiger partial charge in [0.15, 0.2) is 5.78 Å². The van der Waals surface area contributed by atoms with Gasteiger partial charge in [0.2, 0.25) is 4.87 Å². The normalized spacial score (nSPS) is 38.1. The molecule has 0 amide bonds. The summed E-state index contributed by atoms with van der Waals surface area (Å²) in [7, 11) is 0. The molecule has 4 rings (SSSR count). The van der Waals surface area contributed by atoms with Gasteiger partial charge in [-0.1, -0.05) is 61.0 Å². The van der Waals surface area contributed by atoms with Crippen LogP contribution in [0.25, 0.3) is 0 Å². The van der Waals surface area contributed by atoms with Gasteiger partial charge < -0.3 is 9.47 Å². The molecule has 6 atom stereocenters. The smallest absolute Gasteiger partial charge is 0.335 e. The number of ketones is 1. The number of hydrogen-bond acceptors (Lipinski definition) is 5. The number of esters is 1. The molecule has 33 heavy (non-hydrogen) atoms. The van der Waals surface area contributed by atoms with Crippen LogP contribution >= 0.6 is 11.6 Å². The predicted octanol–water partition coefficient (Wildman–Crippen LogP) is 5.37. The monoisotopic (exact) mass is 469 g/mol. The highest BCUT2D eigenvalue weighted by Gasteiger charge is 2.70. The Morgan fingerprint density at radius 1 is 1.24 bits per heavy atom. The molecule has 0 radical (unpaired) electrons. The second-order valence-corrected chi connectivity index (χ2v) is 10.6. The Bertz CT molecular complexity index is 988. The van der Waals surface area contributed by atoms with Gasteiger partial charge in [0.05, 0.1) is 30.8 Å². The van der Waals surface area contributed by atoms with Crippen LogP contribution in [0.1, 0.15) is 57.9 Å². The first-order valence-electron chi connectivity index (χ1n) is 11.9. The lowest BCUT2D eigenvalue weighted by atomic mass is 9.41. The average Bonchev–Trinajstić information content (AvgIpc) is 2.82. The molecular formula is C27H32ClNO4. The molecule has 5 nitrogen and oxygen atoms in total. The Balaban J connectivity index is 1.75. The molecule has 0 heterocycles. The number of ether oxygens (including phenoxy) is 2. The Labute approximate surface area is 201 Å². The van der Waals surface area contributed by atoms with E-state index in [1.54, 1.807) is 6.92 Å². The third-order valence-corrected chi connectivity index (χ3v) is 9.08. The molecule has 0 saturated heterocycles. The summed E-state index contributed by atoms with van der Waals surface area (Å²) in [6.45, 7) is 8.72. The fourth-order valence-electron chi connectivity index (χ4n) is 6.88. The molecule has 3 fully saturated rings. The molecular weight excluding hydrogens is 438 g/mol. The van der Waals surface area contributed by atoms with Crippen molar-refractivity contribution in [3.8, 4) is 6.07 Å². The topological polar surface area (TPSA) is 76.4 Å². The van der Waals surface area contributed by atoms with Crippen LogP contribution in [0.5, 0.6) is 0 Å². The highest BCUT2D eigenvalue weighted by atomic mass is 35.5. The van der Waals surface area contributed by atoms with E-state index in [-0.39, 0.29) is 30.8 Å². The van der Waals surface area contributed by atoms with Gasteiger partial charge in [-0.05, 0) is 50.0 Å². The molecule has 6 heteroatoms. The van der Waals surface area contributed by atoms with Crippen LogP contribution in [0, 0.1) is 34.0 Å². The number of hydrogen-bond donors (Lipinski definition) is 0. The summed E-state index contributed by atoms with van der Waals surface area (Å²) in [6.07, 6.45) is 3.05. The van der Waals surface area contributed by atoms with Crippen molar-refractivity contribution in [2.24, 2.45) is 22.7 Å². The molecule has 0 aliphatic heterocycles. The molecule has 3 aliphatic rings. The Morgan fingerprint density at radius 3 is 2.64 bits per heavy atom. The maximum absolute atomic E-state index is 13.0. The van der Waals surface area contributed by atoms with E-state index < -0.39 is 27.6 Å². The van der Waals surface area contributed by atoms with Crippen LogP contribution in [-0.4, -0.2) is 29.3 Å². The Hall–Kier alpha value is -2.16. The highest BCUT2D eigenvalue weighted by Crippen LogP contribution is 2.67. The standard InChI is InChI=1S/C27H32ClNO4/c1-4-32-24(31)27(28)21-12-15-26(17-29)18(2)10-11-20(33-16-19-8-6-5-7-9-19)23(26)25(21,3)14-13-22(27)30/h5-9,20-21,23H,2,4,10-16H2,1,3H3/t20-,21-,23-,25+,26-,27?/m0/s1. The SMILES string of the molecule is C=C1CC[C@H](OCc2ccccc2)[C@H]2[C@]3(C)CCC(=O)C(Cl)(C(=O)OCC)[C@H]3CC[C@]12C#N. The van der Waals surface area contributed by atoms with Crippen LogP contribution in [0.15, 0.2) is 42.5 Å². The zero-order valence-corrected chi connectivity index (χ0v) is 20.2. The van der Waals surface area contributed by atoms with E-state index in [9.17, 15) is 14.9 Å². The summed E-state index contributed by atoms with van der Waals surface area (Å²) in [6, 6.07) is 12.6. The van der Waals surface area contributed by atoms with Crippen molar-refractivity contribution >= 4 is 23.4 Å². The van der Waals surface area contributed by atoms with E-state index in [2.05, 4.69) is 19.6 Å². The van der Waals surface area contributed by atoms with E-state index in [1.165, 1.54) is 0 Å². The first-order chi connectivity index (χ1) is 15.7. The van der Waals surface area contributed by atoms with Crippen LogP contribution in [-0.2, 0) is 25.7 Å². The van der Waals surface area contributed by atoms with Gasteiger partial charge in [0.25, 0.3) is 0 Å². The third-order valence-electron chi connectivity index (χ3n) is 8.45. The number of nitrogens with zero attached hydrogens (tertiary/aromatic N) is 1. The van der Waals surface area contributed by atoms with Gasteiger partial charge in [0, 0.05) is 18.3 Å². The molecule has 0 bridgehead atoms.